The van der Waals surface area contributed by atoms with Crippen LogP contribution in [0.1, 0.15) is 16.1 Å². The number of rotatable bonds is 6. The van der Waals surface area contributed by atoms with Crippen LogP contribution in [0.25, 0.3) is 5.82 Å². The third-order valence-corrected chi connectivity index (χ3v) is 5.63. The molecule has 8 nitrogen and oxygen atoms in total. The van der Waals surface area contributed by atoms with Crippen LogP contribution in [0.5, 0.6) is 5.75 Å². The van der Waals surface area contributed by atoms with Crippen molar-refractivity contribution >= 4 is 23.5 Å². The molecule has 1 saturated heterocycles. The first-order valence-electron chi connectivity index (χ1n) is 9.34. The van der Waals surface area contributed by atoms with Gasteiger partial charge in [0.1, 0.15) is 35.7 Å². The largest absolute Gasteiger partial charge is 0.496 e. The van der Waals surface area contributed by atoms with Gasteiger partial charge in [0.25, 0.3) is 5.91 Å². The van der Waals surface area contributed by atoms with Gasteiger partial charge in [-0.05, 0) is 6.07 Å². The second-order valence-electron chi connectivity index (χ2n) is 6.49. The molecule has 150 valence electrons. The fourth-order valence-electron chi connectivity index (χ4n) is 3.12. The van der Waals surface area contributed by atoms with Crippen LogP contribution in [0.3, 0.4) is 0 Å². The summed E-state index contributed by atoms with van der Waals surface area (Å²) in [5, 5.41) is 2.88. The molecule has 2 aromatic heterocycles. The van der Waals surface area contributed by atoms with E-state index in [0.29, 0.717) is 18.1 Å². The Kier molecular flexibility index (Phi) is 5.95. The van der Waals surface area contributed by atoms with E-state index in [-0.39, 0.29) is 5.91 Å². The van der Waals surface area contributed by atoms with Crippen molar-refractivity contribution in [2.45, 2.75) is 6.54 Å². The SMILES string of the molecule is COc1ccccc1CNC(=O)c1cn(-c2cc(N3CCSCC3)ncn2)cn1. The zero-order chi connectivity index (χ0) is 20.1. The number of ether oxygens (including phenoxy) is 1. The summed E-state index contributed by atoms with van der Waals surface area (Å²) in [6.07, 6.45) is 4.82. The highest BCUT2D eigenvalue weighted by Gasteiger charge is 2.15. The number of nitrogens with one attached hydrogen (secondary N) is 1. The molecule has 0 bridgehead atoms. The first-order chi connectivity index (χ1) is 14.2. The van der Waals surface area contributed by atoms with Crippen LogP contribution in [0, 0.1) is 0 Å². The number of imidazole rings is 1. The fraction of sp³-hybridized carbons (Fsp3) is 0.300. The Labute approximate surface area is 173 Å². The number of carbonyl (C=O) groups excluding carboxylic acids is 1. The standard InChI is InChI=1S/C20H22N6O2S/c1-28-17-5-3-2-4-15(17)11-21-20(27)16-12-26(14-24-16)19-10-18(22-13-23-19)25-6-8-29-9-7-25/h2-5,10,12-14H,6-9,11H2,1H3,(H,21,27). The van der Waals surface area contributed by atoms with E-state index in [2.05, 4.69) is 25.2 Å². The van der Waals surface area contributed by atoms with Crippen molar-refractivity contribution in [2.24, 2.45) is 0 Å². The average molecular weight is 411 g/mol. The van der Waals surface area contributed by atoms with Crippen molar-refractivity contribution in [3.8, 4) is 11.6 Å². The third kappa shape index (κ3) is 4.51. The number of carbonyl (C=O) groups is 1. The van der Waals surface area contributed by atoms with E-state index < -0.39 is 0 Å². The quantitative estimate of drug-likeness (QED) is 0.666. The Hall–Kier alpha value is -3.07. The van der Waals surface area contributed by atoms with E-state index in [4.69, 9.17) is 4.74 Å². The predicted octanol–water partition coefficient (Wildman–Crippen LogP) is 2.15. The lowest BCUT2D eigenvalue weighted by molar-refractivity contribution is 0.0946. The van der Waals surface area contributed by atoms with Gasteiger partial charge in [0, 0.05) is 49.0 Å². The van der Waals surface area contributed by atoms with Gasteiger partial charge in [0.05, 0.1) is 7.11 Å². The monoisotopic (exact) mass is 410 g/mol. The molecule has 4 rings (SSSR count). The van der Waals surface area contributed by atoms with E-state index in [1.54, 1.807) is 30.5 Å². The van der Waals surface area contributed by atoms with Gasteiger partial charge in [0.15, 0.2) is 0 Å². The van der Waals surface area contributed by atoms with Gasteiger partial charge in [-0.2, -0.15) is 11.8 Å². The molecule has 1 fully saturated rings. The maximum atomic E-state index is 12.5. The molecule has 1 aliphatic rings. The second kappa shape index (κ2) is 8.95. The van der Waals surface area contributed by atoms with E-state index in [9.17, 15) is 4.79 Å². The number of hydrogen-bond donors (Lipinski definition) is 1. The number of methoxy groups -OCH3 is 1. The number of nitrogens with zero attached hydrogens (tertiary/aromatic N) is 5. The van der Waals surface area contributed by atoms with Crippen LogP contribution in [-0.4, -0.2) is 57.1 Å². The minimum atomic E-state index is -0.253. The number of thioether (sulfide) groups is 1. The van der Waals surface area contributed by atoms with Crippen LogP contribution in [0.15, 0.2) is 49.2 Å². The average Bonchev–Trinajstić information content (AvgIpc) is 3.29. The summed E-state index contributed by atoms with van der Waals surface area (Å²) in [6.45, 7) is 2.31. The smallest absolute Gasteiger partial charge is 0.271 e. The van der Waals surface area contributed by atoms with E-state index in [1.807, 2.05) is 42.1 Å². The summed E-state index contributed by atoms with van der Waals surface area (Å²) >= 11 is 1.95. The summed E-state index contributed by atoms with van der Waals surface area (Å²) in [6, 6.07) is 9.51. The number of para-hydroxylation sites is 1. The van der Waals surface area contributed by atoms with Crippen LogP contribution in [-0.2, 0) is 6.54 Å². The third-order valence-electron chi connectivity index (χ3n) is 4.68. The van der Waals surface area contributed by atoms with Crippen LogP contribution < -0.4 is 15.0 Å². The molecule has 9 heteroatoms. The number of aromatic nitrogens is 4. The molecule has 0 atom stereocenters. The zero-order valence-corrected chi connectivity index (χ0v) is 16.9. The first-order valence-corrected chi connectivity index (χ1v) is 10.5. The molecule has 29 heavy (non-hydrogen) atoms. The Balaban J connectivity index is 1.44. The lowest BCUT2D eigenvalue weighted by atomic mass is 10.2. The lowest BCUT2D eigenvalue weighted by Crippen LogP contribution is -2.33. The normalized spacial score (nSPS) is 13.9. The molecule has 0 aliphatic carbocycles. The summed E-state index contributed by atoms with van der Waals surface area (Å²) in [5.41, 5.74) is 1.23. The maximum Gasteiger partial charge on any atom is 0.271 e. The molecular formula is C20H22N6O2S. The van der Waals surface area contributed by atoms with E-state index >= 15 is 0 Å². The summed E-state index contributed by atoms with van der Waals surface area (Å²) < 4.78 is 7.05. The molecule has 1 aromatic carbocycles. The van der Waals surface area contributed by atoms with E-state index in [0.717, 1.165) is 41.7 Å². The lowest BCUT2D eigenvalue weighted by Gasteiger charge is -2.27. The molecule has 0 saturated carbocycles. The number of anilines is 1. The van der Waals surface area contributed by atoms with Crippen LogP contribution >= 0.6 is 11.8 Å². The Bertz CT molecular complexity index is 986. The molecule has 0 spiro atoms. The topological polar surface area (TPSA) is 85.2 Å². The predicted molar refractivity (Wildman–Crippen MR) is 113 cm³/mol. The highest BCUT2D eigenvalue weighted by Crippen LogP contribution is 2.19. The Morgan fingerprint density at radius 3 is 2.79 bits per heavy atom. The highest BCUT2D eigenvalue weighted by molar-refractivity contribution is 7.99. The van der Waals surface area contributed by atoms with Gasteiger partial charge in [0.2, 0.25) is 0 Å². The van der Waals surface area contributed by atoms with Gasteiger partial charge >= 0.3 is 0 Å². The van der Waals surface area contributed by atoms with Crippen LogP contribution in [0.2, 0.25) is 0 Å². The van der Waals surface area contributed by atoms with Crippen molar-refractivity contribution in [3.63, 3.8) is 0 Å². The number of benzene rings is 1. The van der Waals surface area contributed by atoms with Gasteiger partial charge in [-0.25, -0.2) is 15.0 Å². The van der Waals surface area contributed by atoms with Crippen molar-refractivity contribution < 1.29 is 9.53 Å². The van der Waals surface area contributed by atoms with Crippen molar-refractivity contribution in [2.75, 3.05) is 36.6 Å². The van der Waals surface area contributed by atoms with E-state index in [1.165, 1.54) is 0 Å². The number of amides is 1. The molecule has 3 aromatic rings. The van der Waals surface area contributed by atoms with Gasteiger partial charge in [-0.15, -0.1) is 0 Å². The highest BCUT2D eigenvalue weighted by atomic mass is 32.2. The molecule has 3 heterocycles. The minimum Gasteiger partial charge on any atom is -0.496 e. The van der Waals surface area contributed by atoms with Gasteiger partial charge in [-0.3, -0.25) is 9.36 Å². The molecule has 0 radical (unpaired) electrons. The van der Waals surface area contributed by atoms with Gasteiger partial charge < -0.3 is 15.0 Å². The minimum absolute atomic E-state index is 0.253. The maximum absolute atomic E-state index is 12.5. The van der Waals surface area contributed by atoms with Gasteiger partial charge in [-0.1, -0.05) is 18.2 Å². The molecule has 1 aliphatic heterocycles. The second-order valence-corrected chi connectivity index (χ2v) is 7.72. The summed E-state index contributed by atoms with van der Waals surface area (Å²) in [7, 11) is 1.61. The first kappa shape index (κ1) is 19.3. The Morgan fingerprint density at radius 1 is 1.17 bits per heavy atom. The van der Waals surface area contributed by atoms with Crippen molar-refractivity contribution in [3.05, 3.63) is 60.4 Å². The molecule has 0 unspecified atom stereocenters. The van der Waals surface area contributed by atoms with Crippen molar-refractivity contribution in [1.29, 1.82) is 0 Å². The van der Waals surface area contributed by atoms with Crippen LogP contribution in [0.4, 0.5) is 5.82 Å². The van der Waals surface area contributed by atoms with Crippen molar-refractivity contribution in [1.82, 2.24) is 24.8 Å². The summed E-state index contributed by atoms with van der Waals surface area (Å²) in [4.78, 5) is 27.7. The zero-order valence-electron chi connectivity index (χ0n) is 16.1. The molecule has 1 amide bonds. The number of hydrogen-bond acceptors (Lipinski definition) is 7. The molecular weight excluding hydrogens is 388 g/mol. The molecule has 1 N–H and O–H groups in total. The summed E-state index contributed by atoms with van der Waals surface area (Å²) in [5.74, 6) is 4.26. The fourth-order valence-corrected chi connectivity index (χ4v) is 4.03. The Morgan fingerprint density at radius 2 is 1.97 bits per heavy atom.